The Kier molecular flexibility index (Phi) is 2.11. The average Bonchev–Trinajstić information content (AvgIpc) is 2.97. The van der Waals surface area contributed by atoms with E-state index in [0.717, 1.165) is 6.54 Å². The van der Waals surface area contributed by atoms with Gasteiger partial charge in [0.05, 0.1) is 0 Å². The molecule has 1 aromatic heterocycles. The van der Waals surface area contributed by atoms with Crippen molar-refractivity contribution in [2.75, 3.05) is 18.0 Å². The Morgan fingerprint density at radius 1 is 1.29 bits per heavy atom. The van der Waals surface area contributed by atoms with Crippen molar-refractivity contribution in [3.63, 3.8) is 0 Å². The van der Waals surface area contributed by atoms with Crippen molar-refractivity contribution in [2.24, 2.45) is 0 Å². The van der Waals surface area contributed by atoms with Crippen molar-refractivity contribution < 1.29 is 0 Å². The Balaban J connectivity index is 2.08. The first-order chi connectivity index (χ1) is 7.96. The summed E-state index contributed by atoms with van der Waals surface area (Å²) in [5.41, 5.74) is 3.35. The Labute approximate surface area is 104 Å². The zero-order chi connectivity index (χ0) is 12.3. The highest BCUT2D eigenvalue weighted by Gasteiger charge is 2.52. The molecule has 0 saturated heterocycles. The van der Waals surface area contributed by atoms with Crippen LogP contribution in [-0.2, 0) is 10.8 Å². The minimum absolute atomic E-state index is 0.147. The van der Waals surface area contributed by atoms with Crippen LogP contribution in [0, 0.1) is 0 Å². The molecule has 1 aliphatic carbocycles. The normalized spacial score (nSPS) is 20.8. The molecule has 0 unspecified atom stereocenters. The van der Waals surface area contributed by atoms with E-state index in [0.29, 0.717) is 5.41 Å². The van der Waals surface area contributed by atoms with Gasteiger partial charge in [-0.25, -0.2) is 4.98 Å². The van der Waals surface area contributed by atoms with Crippen molar-refractivity contribution in [2.45, 2.75) is 51.4 Å². The lowest BCUT2D eigenvalue weighted by Gasteiger charge is -2.21. The lowest BCUT2D eigenvalue weighted by atomic mass is 9.90. The van der Waals surface area contributed by atoms with Gasteiger partial charge in [0.25, 0.3) is 0 Å². The van der Waals surface area contributed by atoms with E-state index in [4.69, 9.17) is 4.98 Å². The van der Waals surface area contributed by atoms with Crippen LogP contribution in [0.5, 0.6) is 0 Å². The Morgan fingerprint density at radius 2 is 2.00 bits per heavy atom. The van der Waals surface area contributed by atoms with E-state index in [-0.39, 0.29) is 5.41 Å². The van der Waals surface area contributed by atoms with Crippen molar-refractivity contribution in [1.82, 2.24) is 4.98 Å². The van der Waals surface area contributed by atoms with Gasteiger partial charge in [0, 0.05) is 35.2 Å². The van der Waals surface area contributed by atoms with Crippen LogP contribution < -0.4 is 4.90 Å². The molecule has 0 radical (unpaired) electrons. The molecule has 0 N–H and O–H groups in total. The number of rotatable bonds is 1. The molecule has 2 aliphatic rings. The topological polar surface area (TPSA) is 16.1 Å². The molecule has 3 rings (SSSR count). The molecule has 2 heterocycles. The zero-order valence-corrected chi connectivity index (χ0v) is 11.4. The maximum atomic E-state index is 4.94. The third-order valence-corrected chi connectivity index (χ3v) is 4.24. The molecule has 0 atom stereocenters. The maximum absolute atomic E-state index is 4.94. The smallest absolute Gasteiger partial charge is 0.132 e. The summed E-state index contributed by atoms with van der Waals surface area (Å²) in [6, 6.07) is 4.57. The maximum Gasteiger partial charge on any atom is 0.132 e. The fourth-order valence-corrected chi connectivity index (χ4v) is 2.89. The van der Waals surface area contributed by atoms with Crippen LogP contribution in [-0.4, -0.2) is 18.1 Å². The Morgan fingerprint density at radius 3 is 2.53 bits per heavy atom. The van der Waals surface area contributed by atoms with Crippen LogP contribution >= 0.6 is 0 Å². The fraction of sp³-hybridized carbons (Fsp3) is 0.667. The standard InChI is InChI=1S/C15H22N2/c1-5-17-10-15(8-9-15)11-6-7-12(14(2,3)4)16-13(11)17/h6-7H,5,8-10H2,1-4H3. The minimum Gasteiger partial charge on any atom is -0.356 e. The summed E-state index contributed by atoms with van der Waals surface area (Å²) in [4.78, 5) is 7.39. The highest BCUT2D eigenvalue weighted by Crippen LogP contribution is 2.55. The molecular formula is C15H22N2. The predicted molar refractivity (Wildman–Crippen MR) is 71.7 cm³/mol. The first-order valence-corrected chi connectivity index (χ1v) is 6.73. The Bertz CT molecular complexity index is 452. The SMILES string of the molecule is CCN1CC2(CC2)c2ccc(C(C)(C)C)nc21. The van der Waals surface area contributed by atoms with Crippen molar-refractivity contribution in [3.8, 4) is 0 Å². The van der Waals surface area contributed by atoms with E-state index in [1.165, 1.54) is 36.5 Å². The molecule has 0 aromatic carbocycles. The summed E-state index contributed by atoms with van der Waals surface area (Å²) in [5, 5.41) is 0. The van der Waals surface area contributed by atoms with Gasteiger partial charge in [0.2, 0.25) is 0 Å². The molecule has 0 bridgehead atoms. The van der Waals surface area contributed by atoms with E-state index in [9.17, 15) is 0 Å². The first kappa shape index (κ1) is 11.1. The molecule has 17 heavy (non-hydrogen) atoms. The van der Waals surface area contributed by atoms with Crippen LogP contribution in [0.25, 0.3) is 0 Å². The number of pyridine rings is 1. The van der Waals surface area contributed by atoms with E-state index in [2.05, 4.69) is 44.7 Å². The molecule has 1 aromatic rings. The third kappa shape index (κ3) is 1.57. The number of fused-ring (bicyclic) bond motifs is 2. The van der Waals surface area contributed by atoms with Crippen molar-refractivity contribution >= 4 is 5.82 Å². The summed E-state index contributed by atoms with van der Waals surface area (Å²) in [6.07, 6.45) is 2.71. The van der Waals surface area contributed by atoms with Crippen LogP contribution in [0.1, 0.15) is 51.8 Å². The fourth-order valence-electron chi connectivity index (χ4n) is 2.89. The van der Waals surface area contributed by atoms with Crippen molar-refractivity contribution in [1.29, 1.82) is 0 Å². The van der Waals surface area contributed by atoms with Gasteiger partial charge in [0.1, 0.15) is 5.82 Å². The third-order valence-electron chi connectivity index (χ3n) is 4.24. The molecule has 2 heteroatoms. The second-order valence-electron chi connectivity index (χ2n) is 6.61. The number of aromatic nitrogens is 1. The number of nitrogens with zero attached hydrogens (tertiary/aromatic N) is 2. The Hall–Kier alpha value is -1.05. The number of likely N-dealkylation sites (N-methyl/N-ethyl adjacent to an activating group) is 1. The molecule has 92 valence electrons. The van der Waals surface area contributed by atoms with Crippen LogP contribution in [0.4, 0.5) is 5.82 Å². The van der Waals surface area contributed by atoms with Gasteiger partial charge in [-0.1, -0.05) is 26.8 Å². The average molecular weight is 230 g/mol. The van der Waals surface area contributed by atoms with Gasteiger partial charge in [-0.05, 0) is 25.8 Å². The van der Waals surface area contributed by atoms with Gasteiger partial charge in [-0.3, -0.25) is 0 Å². The summed E-state index contributed by atoms with van der Waals surface area (Å²) < 4.78 is 0. The predicted octanol–water partition coefficient (Wildman–Crippen LogP) is 3.25. The zero-order valence-electron chi connectivity index (χ0n) is 11.4. The summed E-state index contributed by atoms with van der Waals surface area (Å²) >= 11 is 0. The van der Waals surface area contributed by atoms with Crippen molar-refractivity contribution in [3.05, 3.63) is 23.4 Å². The van der Waals surface area contributed by atoms with Crippen LogP contribution in [0.3, 0.4) is 0 Å². The second kappa shape index (κ2) is 3.24. The minimum atomic E-state index is 0.147. The van der Waals surface area contributed by atoms with E-state index < -0.39 is 0 Å². The van der Waals surface area contributed by atoms with Gasteiger partial charge >= 0.3 is 0 Å². The molecule has 1 fully saturated rings. The van der Waals surface area contributed by atoms with Gasteiger partial charge in [-0.2, -0.15) is 0 Å². The van der Waals surface area contributed by atoms with Crippen LogP contribution in [0.15, 0.2) is 12.1 Å². The number of hydrogen-bond acceptors (Lipinski definition) is 2. The van der Waals surface area contributed by atoms with Crippen LogP contribution in [0.2, 0.25) is 0 Å². The van der Waals surface area contributed by atoms with E-state index in [1.54, 1.807) is 0 Å². The number of anilines is 1. The highest BCUT2D eigenvalue weighted by molar-refractivity contribution is 5.61. The molecular weight excluding hydrogens is 208 g/mol. The lowest BCUT2D eigenvalue weighted by Crippen LogP contribution is -2.24. The monoisotopic (exact) mass is 230 g/mol. The molecule has 2 nitrogen and oxygen atoms in total. The largest absolute Gasteiger partial charge is 0.356 e. The molecule has 1 spiro atoms. The quantitative estimate of drug-likeness (QED) is 0.736. The summed E-state index contributed by atoms with van der Waals surface area (Å²) in [7, 11) is 0. The molecule has 1 saturated carbocycles. The summed E-state index contributed by atoms with van der Waals surface area (Å²) in [6.45, 7) is 11.2. The van der Waals surface area contributed by atoms with Gasteiger partial charge in [0.15, 0.2) is 0 Å². The highest BCUT2D eigenvalue weighted by atomic mass is 15.2. The summed E-state index contributed by atoms with van der Waals surface area (Å²) in [5.74, 6) is 1.26. The molecule has 0 amide bonds. The first-order valence-electron chi connectivity index (χ1n) is 6.73. The number of hydrogen-bond donors (Lipinski definition) is 0. The molecule has 1 aliphatic heterocycles. The van der Waals surface area contributed by atoms with Gasteiger partial charge < -0.3 is 4.90 Å². The van der Waals surface area contributed by atoms with E-state index >= 15 is 0 Å². The second-order valence-corrected chi connectivity index (χ2v) is 6.61. The van der Waals surface area contributed by atoms with Gasteiger partial charge in [-0.15, -0.1) is 0 Å². The van der Waals surface area contributed by atoms with E-state index in [1.807, 2.05) is 0 Å². The lowest BCUT2D eigenvalue weighted by molar-refractivity contribution is 0.568.